The van der Waals surface area contributed by atoms with Crippen molar-refractivity contribution >= 4 is 11.6 Å². The normalized spacial score (nSPS) is 16.9. The third kappa shape index (κ3) is 3.78. The molecule has 0 fully saturated rings. The molecular formula is C24H30N4O2. The van der Waals surface area contributed by atoms with Crippen LogP contribution in [-0.2, 0) is 12.8 Å². The molecule has 0 spiro atoms. The van der Waals surface area contributed by atoms with Gasteiger partial charge in [0, 0.05) is 12.0 Å². The van der Waals surface area contributed by atoms with E-state index in [1.54, 1.807) is 0 Å². The summed E-state index contributed by atoms with van der Waals surface area (Å²) in [5, 5.41) is 11.9. The van der Waals surface area contributed by atoms with Gasteiger partial charge in [-0.15, -0.1) is 0 Å². The Morgan fingerprint density at radius 2 is 2.07 bits per heavy atom. The second kappa shape index (κ2) is 8.46. The van der Waals surface area contributed by atoms with Crippen molar-refractivity contribution < 1.29 is 9.32 Å². The highest BCUT2D eigenvalue weighted by atomic mass is 16.5. The van der Waals surface area contributed by atoms with Gasteiger partial charge in [-0.05, 0) is 45.1 Å². The first kappa shape index (κ1) is 20.4. The molecule has 0 saturated carbocycles. The Morgan fingerprint density at radius 1 is 1.30 bits per heavy atom. The molecule has 1 amide bonds. The van der Waals surface area contributed by atoms with E-state index < -0.39 is 0 Å². The highest BCUT2D eigenvalue weighted by molar-refractivity contribution is 6.04. The first-order chi connectivity index (χ1) is 14.5. The van der Waals surface area contributed by atoms with Gasteiger partial charge in [-0.3, -0.25) is 9.48 Å². The van der Waals surface area contributed by atoms with Crippen molar-refractivity contribution in [1.82, 2.24) is 14.9 Å². The molecule has 1 aliphatic rings. The lowest BCUT2D eigenvalue weighted by molar-refractivity contribution is 0.101. The second-order valence-corrected chi connectivity index (χ2v) is 8.36. The van der Waals surface area contributed by atoms with Crippen LogP contribution in [0.4, 0.5) is 5.69 Å². The van der Waals surface area contributed by atoms with Crippen LogP contribution in [-0.4, -0.2) is 20.8 Å². The van der Waals surface area contributed by atoms with Crippen molar-refractivity contribution in [3.8, 4) is 0 Å². The van der Waals surface area contributed by atoms with E-state index in [0.29, 0.717) is 11.6 Å². The van der Waals surface area contributed by atoms with E-state index in [4.69, 9.17) is 9.62 Å². The maximum absolute atomic E-state index is 13.1. The smallest absolute Gasteiger partial charge is 0.278 e. The van der Waals surface area contributed by atoms with Gasteiger partial charge in [0.15, 0.2) is 5.69 Å². The minimum atomic E-state index is -0.213. The summed E-state index contributed by atoms with van der Waals surface area (Å²) in [6.07, 6.45) is 5.18. The molecule has 6 nitrogen and oxygen atoms in total. The van der Waals surface area contributed by atoms with Gasteiger partial charge in [0.2, 0.25) is 0 Å². The Kier molecular flexibility index (Phi) is 5.75. The number of carbonyl (C=O) groups is 1. The number of anilines is 1. The average molecular weight is 407 g/mol. The Balaban J connectivity index is 1.57. The zero-order valence-electron chi connectivity index (χ0n) is 18.2. The molecule has 2 aromatic heterocycles. The Hall–Kier alpha value is -2.89. The summed E-state index contributed by atoms with van der Waals surface area (Å²) in [5.74, 6) is 1.26. The fourth-order valence-electron chi connectivity index (χ4n) is 4.58. The molecule has 6 heteroatoms. The van der Waals surface area contributed by atoms with Gasteiger partial charge in [0.1, 0.15) is 5.76 Å². The van der Waals surface area contributed by atoms with Crippen LogP contribution < -0.4 is 5.32 Å². The minimum Gasteiger partial charge on any atom is -0.360 e. The second-order valence-electron chi connectivity index (χ2n) is 8.36. The molecule has 4 rings (SSSR count). The van der Waals surface area contributed by atoms with Crippen LogP contribution in [0.25, 0.3) is 0 Å². The minimum absolute atomic E-state index is 0.0742. The lowest BCUT2D eigenvalue weighted by atomic mass is 9.84. The number of fused-ring (bicyclic) bond motifs is 1. The molecule has 2 heterocycles. The molecule has 158 valence electrons. The lowest BCUT2D eigenvalue weighted by Gasteiger charge is -2.20. The number of benzene rings is 1. The highest BCUT2D eigenvalue weighted by Crippen LogP contribution is 2.32. The summed E-state index contributed by atoms with van der Waals surface area (Å²) in [6.45, 7) is 8.23. The summed E-state index contributed by atoms with van der Waals surface area (Å²) < 4.78 is 7.47. The zero-order chi connectivity index (χ0) is 21.3. The molecule has 0 saturated heterocycles. The number of rotatable bonds is 6. The zero-order valence-corrected chi connectivity index (χ0v) is 18.2. The van der Waals surface area contributed by atoms with Crippen LogP contribution >= 0.6 is 0 Å². The van der Waals surface area contributed by atoms with Crippen molar-refractivity contribution in [3.63, 3.8) is 0 Å². The van der Waals surface area contributed by atoms with Gasteiger partial charge < -0.3 is 9.84 Å². The predicted octanol–water partition coefficient (Wildman–Crippen LogP) is 5.25. The number of hydrogen-bond donors (Lipinski definition) is 1. The standard InChI is InChI=1S/C24H30N4O2/c1-5-9-18-12-13-21-20(14-18)23(27-30-21)24(29)25-22-15(2)26-28(17(22)4)16(3)19-10-7-6-8-11-19/h6-8,10-11,16,18H,5,9,12-14H2,1-4H3,(H,25,29). The van der Waals surface area contributed by atoms with Gasteiger partial charge in [-0.25, -0.2) is 0 Å². The quantitative estimate of drug-likeness (QED) is 0.606. The number of nitrogens with one attached hydrogen (secondary N) is 1. The number of amides is 1. The fourth-order valence-corrected chi connectivity index (χ4v) is 4.58. The molecule has 2 atom stereocenters. The topological polar surface area (TPSA) is 73.0 Å². The number of nitrogens with zero attached hydrogens (tertiary/aromatic N) is 3. The first-order valence-corrected chi connectivity index (χ1v) is 10.9. The third-order valence-corrected chi connectivity index (χ3v) is 6.27. The van der Waals surface area contributed by atoms with Crippen LogP contribution in [0.15, 0.2) is 34.9 Å². The van der Waals surface area contributed by atoms with Crippen LogP contribution in [0.3, 0.4) is 0 Å². The van der Waals surface area contributed by atoms with Gasteiger partial charge >= 0.3 is 0 Å². The highest BCUT2D eigenvalue weighted by Gasteiger charge is 2.29. The fraction of sp³-hybridized carbons (Fsp3) is 0.458. The summed E-state index contributed by atoms with van der Waals surface area (Å²) >= 11 is 0. The number of hydrogen-bond acceptors (Lipinski definition) is 4. The van der Waals surface area contributed by atoms with E-state index in [9.17, 15) is 4.79 Å². The van der Waals surface area contributed by atoms with E-state index in [1.165, 1.54) is 12.0 Å². The molecular weight excluding hydrogens is 376 g/mol. The largest absolute Gasteiger partial charge is 0.360 e. The Morgan fingerprint density at radius 3 is 2.80 bits per heavy atom. The molecule has 1 aliphatic carbocycles. The molecule has 30 heavy (non-hydrogen) atoms. The molecule has 2 unspecified atom stereocenters. The van der Waals surface area contributed by atoms with Crippen molar-refractivity contribution in [2.75, 3.05) is 5.32 Å². The van der Waals surface area contributed by atoms with Gasteiger partial charge in [0.25, 0.3) is 5.91 Å². The Labute approximate surface area is 177 Å². The van der Waals surface area contributed by atoms with E-state index >= 15 is 0 Å². The molecule has 1 aromatic carbocycles. The first-order valence-electron chi connectivity index (χ1n) is 10.9. The van der Waals surface area contributed by atoms with Crippen molar-refractivity contribution in [2.24, 2.45) is 5.92 Å². The van der Waals surface area contributed by atoms with Crippen LogP contribution in [0.1, 0.15) is 77.9 Å². The summed E-state index contributed by atoms with van der Waals surface area (Å²) in [6, 6.07) is 10.3. The maximum atomic E-state index is 13.1. The average Bonchev–Trinajstić information content (AvgIpc) is 3.30. The summed E-state index contributed by atoms with van der Waals surface area (Å²) in [4.78, 5) is 13.1. The maximum Gasteiger partial charge on any atom is 0.278 e. The molecule has 0 aliphatic heterocycles. The third-order valence-electron chi connectivity index (χ3n) is 6.27. The van der Waals surface area contributed by atoms with Crippen LogP contribution in [0, 0.1) is 19.8 Å². The molecule has 0 bridgehead atoms. The molecule has 1 N–H and O–H groups in total. The van der Waals surface area contributed by atoms with Crippen molar-refractivity contribution in [1.29, 1.82) is 0 Å². The predicted molar refractivity (Wildman–Crippen MR) is 117 cm³/mol. The molecule has 3 aromatic rings. The summed E-state index contributed by atoms with van der Waals surface area (Å²) in [7, 11) is 0. The van der Waals surface area contributed by atoms with Crippen molar-refractivity contribution in [2.45, 2.75) is 65.8 Å². The number of aryl methyl sites for hydroxylation is 2. The number of aromatic nitrogens is 3. The van der Waals surface area contributed by atoms with Gasteiger partial charge in [-0.1, -0.05) is 55.3 Å². The van der Waals surface area contributed by atoms with Crippen LogP contribution in [0.2, 0.25) is 0 Å². The SMILES string of the molecule is CCCC1CCc2onc(C(=O)Nc3c(C)nn(C(C)c4ccccc4)c3C)c2C1. The van der Waals surface area contributed by atoms with E-state index in [0.717, 1.165) is 54.1 Å². The van der Waals surface area contributed by atoms with E-state index in [1.807, 2.05) is 36.7 Å². The Bertz CT molecular complexity index is 1040. The monoisotopic (exact) mass is 406 g/mol. The number of carbonyl (C=O) groups excluding carboxylic acids is 1. The van der Waals surface area contributed by atoms with E-state index in [2.05, 4.69) is 36.5 Å². The van der Waals surface area contributed by atoms with E-state index in [-0.39, 0.29) is 11.9 Å². The van der Waals surface area contributed by atoms with Crippen molar-refractivity contribution in [3.05, 3.63) is 64.3 Å². The summed E-state index contributed by atoms with van der Waals surface area (Å²) in [5.41, 5.74) is 5.06. The van der Waals surface area contributed by atoms with Crippen LogP contribution in [0.5, 0.6) is 0 Å². The lowest BCUT2D eigenvalue weighted by Crippen LogP contribution is -2.19. The molecule has 0 radical (unpaired) electrons. The van der Waals surface area contributed by atoms with Gasteiger partial charge in [0.05, 0.1) is 23.1 Å². The van der Waals surface area contributed by atoms with Gasteiger partial charge in [-0.2, -0.15) is 5.10 Å².